The van der Waals surface area contributed by atoms with Crippen molar-refractivity contribution in [1.82, 2.24) is 25.0 Å². The lowest BCUT2D eigenvalue weighted by Crippen LogP contribution is -2.52. The van der Waals surface area contributed by atoms with Crippen LogP contribution in [0.1, 0.15) is 32.5 Å². The molecule has 5 heterocycles. The Bertz CT molecular complexity index is 680. The van der Waals surface area contributed by atoms with E-state index in [0.29, 0.717) is 24.4 Å². The molecule has 0 radical (unpaired) electrons. The largest absolute Gasteiger partial charge is 0.459 e. The highest BCUT2D eigenvalue weighted by molar-refractivity contribution is 5.88. The zero-order valence-electron chi connectivity index (χ0n) is 14.8. The molecule has 2 N–H and O–H groups in total. The van der Waals surface area contributed by atoms with Gasteiger partial charge in [0.2, 0.25) is 0 Å². The summed E-state index contributed by atoms with van der Waals surface area (Å²) >= 11 is 0. The number of aliphatic imine (C=N–C) groups is 1. The van der Waals surface area contributed by atoms with Gasteiger partial charge in [0.25, 0.3) is 5.95 Å². The second-order valence-corrected chi connectivity index (χ2v) is 5.96. The Kier molecular flexibility index (Phi) is 5.56. The zero-order valence-corrected chi connectivity index (χ0v) is 14.8. The molecule has 2 bridgehead atoms. The summed E-state index contributed by atoms with van der Waals surface area (Å²) in [4.78, 5) is 10.8. The maximum absolute atomic E-state index is 6.03. The van der Waals surface area contributed by atoms with Crippen molar-refractivity contribution in [3.05, 3.63) is 12.0 Å². The van der Waals surface area contributed by atoms with Crippen LogP contribution in [0.15, 0.2) is 11.2 Å². The number of rotatable bonds is 2. The van der Waals surface area contributed by atoms with Crippen LogP contribution in [-0.4, -0.2) is 51.4 Å². The maximum atomic E-state index is 6.03. The highest BCUT2D eigenvalue weighted by atomic mass is 16.5. The summed E-state index contributed by atoms with van der Waals surface area (Å²) in [5.74, 6) is 1.82. The van der Waals surface area contributed by atoms with Gasteiger partial charge >= 0.3 is 6.02 Å². The van der Waals surface area contributed by atoms with Crippen molar-refractivity contribution in [1.29, 1.82) is 0 Å². The number of hydrogen-bond donors (Lipinski definition) is 2. The molecule has 8 nitrogen and oxygen atoms in total. The van der Waals surface area contributed by atoms with E-state index in [0.717, 1.165) is 25.5 Å². The number of hydrogen-bond acceptors (Lipinski definition) is 6. The number of anilines is 1. The topological polar surface area (TPSA) is 79.6 Å². The third kappa shape index (κ3) is 3.94. The van der Waals surface area contributed by atoms with E-state index in [-0.39, 0.29) is 6.10 Å². The van der Waals surface area contributed by atoms with E-state index in [9.17, 15) is 0 Å². The molecule has 0 aromatic carbocycles. The van der Waals surface area contributed by atoms with Crippen molar-refractivity contribution in [2.24, 2.45) is 10.9 Å². The van der Waals surface area contributed by atoms with Gasteiger partial charge in [-0.25, -0.2) is 4.68 Å². The Morgan fingerprint density at radius 3 is 2.88 bits per heavy atom. The number of amidine groups is 1. The van der Waals surface area contributed by atoms with Crippen LogP contribution >= 0.6 is 0 Å². The Labute approximate surface area is 148 Å². The molecule has 3 fully saturated rings. The van der Waals surface area contributed by atoms with E-state index in [1.54, 1.807) is 4.68 Å². The summed E-state index contributed by atoms with van der Waals surface area (Å²) < 4.78 is 7.74. The van der Waals surface area contributed by atoms with Crippen LogP contribution in [0.25, 0.3) is 6.20 Å². The van der Waals surface area contributed by atoms with Gasteiger partial charge in [-0.15, -0.1) is 10.1 Å². The van der Waals surface area contributed by atoms with Crippen molar-refractivity contribution in [2.75, 3.05) is 25.0 Å². The van der Waals surface area contributed by atoms with Crippen LogP contribution in [-0.2, 0) is 11.3 Å². The summed E-state index contributed by atoms with van der Waals surface area (Å²) in [5.41, 5.74) is 0. The Hall–Kier alpha value is -2.53. The number of ether oxygens (including phenoxy) is 1. The van der Waals surface area contributed by atoms with E-state index in [1.807, 2.05) is 26.2 Å². The molecule has 5 rings (SSSR count). The summed E-state index contributed by atoms with van der Waals surface area (Å²) in [5, 5.41) is 10.4. The Morgan fingerprint density at radius 2 is 2.24 bits per heavy atom. The lowest BCUT2D eigenvalue weighted by atomic mass is 9.86. The molecule has 0 aliphatic carbocycles. The minimum absolute atomic E-state index is 0.121. The van der Waals surface area contributed by atoms with Gasteiger partial charge in [0.15, 0.2) is 5.82 Å². The highest BCUT2D eigenvalue weighted by Gasteiger charge is 2.36. The molecular formula is C17H25N7O. The maximum Gasteiger partial charge on any atom is 0.305 e. The van der Waals surface area contributed by atoms with Crippen molar-refractivity contribution in [2.45, 2.75) is 39.3 Å². The van der Waals surface area contributed by atoms with Crippen LogP contribution in [0.3, 0.4) is 0 Å². The minimum atomic E-state index is 0.121. The normalized spacial score (nSPS) is 26.6. The zero-order chi connectivity index (χ0) is 17.6. The van der Waals surface area contributed by atoms with Crippen LogP contribution < -0.4 is 10.6 Å². The van der Waals surface area contributed by atoms with E-state index in [1.165, 1.54) is 12.8 Å². The van der Waals surface area contributed by atoms with Gasteiger partial charge < -0.3 is 10.1 Å². The average molecular weight is 343 g/mol. The second-order valence-electron chi connectivity index (χ2n) is 5.96. The molecular weight excluding hydrogens is 318 g/mol. The van der Waals surface area contributed by atoms with Crippen LogP contribution in [0, 0.1) is 18.4 Å². The first kappa shape index (κ1) is 17.3. The average Bonchev–Trinajstić information content (AvgIpc) is 3.07. The number of terminal acetylenes is 1. The van der Waals surface area contributed by atoms with Crippen LogP contribution in [0.2, 0.25) is 0 Å². The van der Waals surface area contributed by atoms with E-state index < -0.39 is 0 Å². The predicted molar refractivity (Wildman–Crippen MR) is 97.5 cm³/mol. The van der Waals surface area contributed by atoms with Gasteiger partial charge in [0.1, 0.15) is 6.10 Å². The molecule has 134 valence electrons. The van der Waals surface area contributed by atoms with Crippen molar-refractivity contribution >= 4 is 18.2 Å². The van der Waals surface area contributed by atoms with Crippen molar-refractivity contribution in [3.8, 4) is 12.5 Å². The standard InChI is InChI=1S/C15H19N7O.C2H6/c1-2-17-15(23-12-10-21-6-3-11(12)4-7-21)19-14-18-13-9-16-5-8-22(13)20-14;1-2/h1,5,8,11-12,16H,3-4,6-7,9-10H2,(H,17,19,20);1-2H3/t12-;/m0./s1. The first-order valence-corrected chi connectivity index (χ1v) is 8.86. The summed E-state index contributed by atoms with van der Waals surface area (Å²) in [7, 11) is 0. The predicted octanol–water partition coefficient (Wildman–Crippen LogP) is 1.31. The van der Waals surface area contributed by atoms with Crippen LogP contribution in [0.4, 0.5) is 5.95 Å². The second kappa shape index (κ2) is 8.03. The Balaban J connectivity index is 0.000000880. The first-order valence-electron chi connectivity index (χ1n) is 8.86. The lowest BCUT2D eigenvalue weighted by molar-refractivity contribution is -0.0145. The SMILES string of the molecule is C#CN=C(Nc1nc2n(n1)C=CNC2)O[C@H]1CN2CCC1CC2.CC. The molecule has 8 heteroatoms. The number of aromatic nitrogens is 3. The number of nitrogens with one attached hydrogen (secondary N) is 2. The Morgan fingerprint density at radius 1 is 1.44 bits per heavy atom. The van der Waals surface area contributed by atoms with Gasteiger partial charge in [-0.2, -0.15) is 4.98 Å². The molecule has 0 saturated carbocycles. The minimum Gasteiger partial charge on any atom is -0.459 e. The summed E-state index contributed by atoms with van der Waals surface area (Å²) in [6, 6.07) is 2.58. The van der Waals surface area contributed by atoms with Gasteiger partial charge in [-0.3, -0.25) is 10.2 Å². The van der Waals surface area contributed by atoms with Gasteiger partial charge in [0, 0.05) is 25.0 Å². The number of nitrogens with zero attached hydrogens (tertiary/aromatic N) is 5. The fourth-order valence-corrected chi connectivity index (χ4v) is 3.35. The monoisotopic (exact) mass is 343 g/mol. The fourth-order valence-electron chi connectivity index (χ4n) is 3.35. The third-order valence-corrected chi connectivity index (χ3v) is 4.54. The van der Waals surface area contributed by atoms with E-state index in [4.69, 9.17) is 11.2 Å². The van der Waals surface area contributed by atoms with Crippen molar-refractivity contribution < 1.29 is 4.74 Å². The van der Waals surface area contributed by atoms with E-state index in [2.05, 4.69) is 36.7 Å². The number of piperidine rings is 3. The molecule has 25 heavy (non-hydrogen) atoms. The number of fused-ring (bicyclic) bond motifs is 4. The molecule has 3 saturated heterocycles. The van der Waals surface area contributed by atoms with Gasteiger partial charge in [-0.1, -0.05) is 20.3 Å². The smallest absolute Gasteiger partial charge is 0.305 e. The quantitative estimate of drug-likeness (QED) is 0.479. The van der Waals surface area contributed by atoms with E-state index >= 15 is 0 Å². The molecule has 0 spiro atoms. The lowest BCUT2D eigenvalue weighted by Gasteiger charge is -2.44. The molecule has 0 amide bonds. The first-order chi connectivity index (χ1) is 12.3. The third-order valence-electron chi connectivity index (χ3n) is 4.54. The molecule has 4 aliphatic heterocycles. The molecule has 1 atom stereocenters. The summed E-state index contributed by atoms with van der Waals surface area (Å²) in [6.07, 6.45) is 11.4. The molecule has 4 aliphatic rings. The fraction of sp³-hybridized carbons (Fsp3) is 0.588. The van der Waals surface area contributed by atoms with Crippen LogP contribution in [0.5, 0.6) is 0 Å². The molecule has 0 unspecified atom stereocenters. The highest BCUT2D eigenvalue weighted by Crippen LogP contribution is 2.29. The van der Waals surface area contributed by atoms with Gasteiger partial charge in [0.05, 0.1) is 6.54 Å². The summed E-state index contributed by atoms with van der Waals surface area (Å²) in [6.45, 7) is 7.88. The molecule has 1 aromatic heterocycles. The molecule has 1 aromatic rings. The van der Waals surface area contributed by atoms with Gasteiger partial charge in [-0.05, 0) is 31.8 Å². The van der Waals surface area contributed by atoms with Crippen molar-refractivity contribution in [3.63, 3.8) is 0 Å².